The molecule has 0 bridgehead atoms. The van der Waals surface area contributed by atoms with Gasteiger partial charge in [0, 0.05) is 11.8 Å². The minimum absolute atomic E-state index is 0.150. The van der Waals surface area contributed by atoms with Crippen molar-refractivity contribution in [2.45, 2.75) is 31.9 Å². The second-order valence-corrected chi connectivity index (χ2v) is 5.67. The van der Waals surface area contributed by atoms with Crippen molar-refractivity contribution in [1.82, 2.24) is 0 Å². The van der Waals surface area contributed by atoms with Gasteiger partial charge in [0.2, 0.25) is 0 Å². The van der Waals surface area contributed by atoms with Crippen molar-refractivity contribution in [3.8, 4) is 0 Å². The molecule has 0 aliphatic heterocycles. The smallest absolute Gasteiger partial charge is 0.258 e. The maximum absolute atomic E-state index is 10.8. The molecular weight excluding hydrogens is 302 g/mol. The summed E-state index contributed by atoms with van der Waals surface area (Å²) in [5, 5.41) is 10.8. The molecule has 0 atom stereocenters. The maximum Gasteiger partial charge on any atom is 0.283 e. The molecule has 0 spiro atoms. The summed E-state index contributed by atoms with van der Waals surface area (Å²) in [6.45, 7) is 2.18. The Morgan fingerprint density at radius 2 is 2.18 bits per heavy atom. The van der Waals surface area contributed by atoms with Crippen molar-refractivity contribution in [3.63, 3.8) is 0 Å². The molecule has 94 valence electrons. The number of benzene rings is 1. The lowest BCUT2D eigenvalue weighted by Gasteiger charge is -2.04. The van der Waals surface area contributed by atoms with Gasteiger partial charge in [-0.2, -0.15) is 11.8 Å². The second kappa shape index (κ2) is 7.71. The first-order chi connectivity index (χ1) is 8.16. The molecule has 17 heavy (non-hydrogen) atoms. The summed E-state index contributed by atoms with van der Waals surface area (Å²) in [5.74, 6) is 1.94. The fraction of sp³-hybridized carbons (Fsp3) is 0.500. The lowest BCUT2D eigenvalue weighted by Crippen LogP contribution is -1.93. The Bertz CT molecular complexity index is 385. The molecule has 5 heteroatoms. The van der Waals surface area contributed by atoms with Crippen molar-refractivity contribution in [1.29, 1.82) is 0 Å². The van der Waals surface area contributed by atoms with Crippen LogP contribution in [0.25, 0.3) is 0 Å². The van der Waals surface area contributed by atoms with E-state index in [2.05, 4.69) is 22.9 Å². The Morgan fingerprint density at radius 3 is 2.82 bits per heavy atom. The summed E-state index contributed by atoms with van der Waals surface area (Å²) >= 11 is 5.14. The van der Waals surface area contributed by atoms with E-state index in [1.807, 2.05) is 17.8 Å². The summed E-state index contributed by atoms with van der Waals surface area (Å²) < 4.78 is 0.619. The third-order valence-corrected chi connectivity index (χ3v) is 4.41. The van der Waals surface area contributed by atoms with Gasteiger partial charge in [0.1, 0.15) is 0 Å². The SMILES string of the molecule is CCCCCSCc1cccc([N+](=O)[O-])c1Br. The molecule has 3 nitrogen and oxygen atoms in total. The number of halogens is 1. The number of nitro benzene ring substituents is 1. The molecule has 1 rings (SSSR count). The van der Waals surface area contributed by atoms with Crippen LogP contribution in [0, 0.1) is 10.1 Å². The van der Waals surface area contributed by atoms with Crippen LogP contribution in [0.2, 0.25) is 0 Å². The van der Waals surface area contributed by atoms with Crippen molar-refractivity contribution in [2.75, 3.05) is 5.75 Å². The third kappa shape index (κ3) is 4.68. The van der Waals surface area contributed by atoms with Gasteiger partial charge in [0.05, 0.1) is 9.40 Å². The summed E-state index contributed by atoms with van der Waals surface area (Å²) in [5.41, 5.74) is 1.15. The van der Waals surface area contributed by atoms with Gasteiger partial charge in [-0.1, -0.05) is 31.9 Å². The van der Waals surface area contributed by atoms with Gasteiger partial charge in [-0.25, -0.2) is 0 Å². The van der Waals surface area contributed by atoms with Crippen LogP contribution in [-0.2, 0) is 5.75 Å². The number of nitro groups is 1. The van der Waals surface area contributed by atoms with Crippen LogP contribution in [0.1, 0.15) is 31.7 Å². The van der Waals surface area contributed by atoms with E-state index in [4.69, 9.17) is 0 Å². The molecule has 1 aromatic carbocycles. The van der Waals surface area contributed by atoms with Crippen molar-refractivity contribution in [3.05, 3.63) is 38.3 Å². The quantitative estimate of drug-likeness (QED) is 0.413. The van der Waals surface area contributed by atoms with Crippen LogP contribution in [0.15, 0.2) is 22.7 Å². The Kier molecular flexibility index (Phi) is 6.58. The highest BCUT2D eigenvalue weighted by molar-refractivity contribution is 9.10. The fourth-order valence-electron chi connectivity index (χ4n) is 1.45. The normalized spacial score (nSPS) is 10.5. The Balaban J connectivity index is 2.54. The first-order valence-electron chi connectivity index (χ1n) is 5.66. The summed E-state index contributed by atoms with van der Waals surface area (Å²) in [4.78, 5) is 10.4. The molecule has 0 heterocycles. The summed E-state index contributed by atoms with van der Waals surface area (Å²) in [6, 6.07) is 5.20. The lowest BCUT2D eigenvalue weighted by atomic mass is 10.2. The lowest BCUT2D eigenvalue weighted by molar-refractivity contribution is -0.385. The van der Waals surface area contributed by atoms with Gasteiger partial charge in [-0.15, -0.1) is 0 Å². The topological polar surface area (TPSA) is 43.1 Å². The molecule has 1 aromatic rings. The molecule has 0 aliphatic rings. The maximum atomic E-state index is 10.8. The van der Waals surface area contributed by atoms with E-state index in [9.17, 15) is 10.1 Å². The number of hydrogen-bond donors (Lipinski definition) is 0. The minimum atomic E-state index is -0.352. The van der Waals surface area contributed by atoms with Crippen LogP contribution >= 0.6 is 27.7 Å². The zero-order chi connectivity index (χ0) is 12.7. The van der Waals surface area contributed by atoms with E-state index >= 15 is 0 Å². The molecule has 0 aromatic heterocycles. The Morgan fingerprint density at radius 1 is 1.41 bits per heavy atom. The summed E-state index contributed by atoms with van der Waals surface area (Å²) in [6.07, 6.45) is 3.69. The molecule has 0 N–H and O–H groups in total. The fourth-order valence-corrected chi connectivity index (χ4v) is 3.20. The Labute approximate surface area is 114 Å². The third-order valence-electron chi connectivity index (χ3n) is 2.40. The molecule has 0 amide bonds. The van der Waals surface area contributed by atoms with Gasteiger partial charge in [0.25, 0.3) is 5.69 Å². The summed E-state index contributed by atoms with van der Waals surface area (Å²) in [7, 11) is 0. The van der Waals surface area contributed by atoms with E-state index in [0.717, 1.165) is 17.1 Å². The van der Waals surface area contributed by atoms with Crippen molar-refractivity contribution >= 4 is 33.4 Å². The predicted molar refractivity (Wildman–Crippen MR) is 76.5 cm³/mol. The van der Waals surface area contributed by atoms with Crippen molar-refractivity contribution in [2.24, 2.45) is 0 Å². The van der Waals surface area contributed by atoms with E-state index < -0.39 is 0 Å². The highest BCUT2D eigenvalue weighted by atomic mass is 79.9. The second-order valence-electron chi connectivity index (χ2n) is 3.77. The number of unbranched alkanes of at least 4 members (excludes halogenated alkanes) is 2. The van der Waals surface area contributed by atoms with Gasteiger partial charge in [0.15, 0.2) is 0 Å². The van der Waals surface area contributed by atoms with Gasteiger partial charge in [-0.05, 0) is 33.7 Å². The zero-order valence-corrected chi connectivity index (χ0v) is 12.2. The first kappa shape index (κ1) is 14.5. The highest BCUT2D eigenvalue weighted by Crippen LogP contribution is 2.30. The molecule has 0 saturated heterocycles. The molecule has 0 radical (unpaired) electrons. The van der Waals surface area contributed by atoms with E-state index in [1.54, 1.807) is 6.07 Å². The average molecular weight is 318 g/mol. The van der Waals surface area contributed by atoms with Gasteiger partial charge < -0.3 is 0 Å². The van der Waals surface area contributed by atoms with E-state index in [1.165, 1.54) is 25.3 Å². The zero-order valence-electron chi connectivity index (χ0n) is 9.82. The molecule has 0 fully saturated rings. The monoisotopic (exact) mass is 317 g/mol. The van der Waals surface area contributed by atoms with E-state index in [-0.39, 0.29) is 10.6 Å². The number of hydrogen-bond acceptors (Lipinski definition) is 3. The van der Waals surface area contributed by atoms with Gasteiger partial charge >= 0.3 is 0 Å². The molecule has 0 unspecified atom stereocenters. The Hall–Kier alpha value is -0.550. The highest BCUT2D eigenvalue weighted by Gasteiger charge is 2.14. The van der Waals surface area contributed by atoms with E-state index in [0.29, 0.717) is 4.47 Å². The van der Waals surface area contributed by atoms with Gasteiger partial charge in [-0.3, -0.25) is 10.1 Å². The van der Waals surface area contributed by atoms with Crippen LogP contribution < -0.4 is 0 Å². The number of rotatable bonds is 7. The standard InChI is InChI=1S/C12H16BrNO2S/c1-2-3-4-8-17-9-10-6-5-7-11(12(10)13)14(15)16/h5-7H,2-4,8-9H2,1H3. The average Bonchev–Trinajstić information content (AvgIpc) is 2.30. The molecule has 0 saturated carbocycles. The van der Waals surface area contributed by atoms with Crippen LogP contribution in [0.4, 0.5) is 5.69 Å². The number of thioether (sulfide) groups is 1. The first-order valence-corrected chi connectivity index (χ1v) is 7.61. The van der Waals surface area contributed by atoms with Crippen LogP contribution in [0.3, 0.4) is 0 Å². The predicted octanol–water partition coefficient (Wildman–Crippen LogP) is 4.78. The molecule has 0 aliphatic carbocycles. The van der Waals surface area contributed by atoms with Crippen LogP contribution in [-0.4, -0.2) is 10.7 Å². The van der Waals surface area contributed by atoms with Crippen molar-refractivity contribution < 1.29 is 4.92 Å². The number of nitrogens with zero attached hydrogens (tertiary/aromatic N) is 1. The van der Waals surface area contributed by atoms with Crippen LogP contribution in [0.5, 0.6) is 0 Å². The molecular formula is C12H16BrNO2S. The largest absolute Gasteiger partial charge is 0.283 e. The minimum Gasteiger partial charge on any atom is -0.258 e.